The number of alkyl halides is 1. The minimum absolute atomic E-state index is 0.0655. The maximum Gasteiger partial charge on any atom is 0.118 e. The lowest BCUT2D eigenvalue weighted by Crippen LogP contribution is -2.39. The largest absolute Gasteiger partial charge is 0.392 e. The molecule has 0 aliphatic carbocycles. The van der Waals surface area contributed by atoms with E-state index in [1.165, 1.54) is 11.1 Å². The molecule has 1 aliphatic rings. The van der Waals surface area contributed by atoms with E-state index in [0.717, 1.165) is 25.1 Å². The first-order valence-corrected chi connectivity index (χ1v) is 6.11. The highest BCUT2D eigenvalue weighted by atomic mass is 19.1. The quantitative estimate of drug-likeness (QED) is 0.872. The molecule has 0 saturated carbocycles. The van der Waals surface area contributed by atoms with Crippen LogP contribution in [0.1, 0.15) is 30.5 Å². The van der Waals surface area contributed by atoms with Gasteiger partial charge in [-0.05, 0) is 37.0 Å². The van der Waals surface area contributed by atoms with Crippen LogP contribution in [0.5, 0.6) is 0 Å². The van der Waals surface area contributed by atoms with Crippen molar-refractivity contribution in [3.8, 4) is 0 Å². The van der Waals surface area contributed by atoms with Gasteiger partial charge in [-0.2, -0.15) is 0 Å². The zero-order valence-corrected chi connectivity index (χ0v) is 10.5. The Morgan fingerprint density at radius 2 is 2.18 bits per heavy atom. The summed E-state index contributed by atoms with van der Waals surface area (Å²) in [6.45, 7) is 5.39. The molecular formula is C14H20FNO. The third-order valence-corrected chi connectivity index (χ3v) is 3.22. The molecule has 0 aromatic heterocycles. The summed E-state index contributed by atoms with van der Waals surface area (Å²) in [5.74, 6) is 0. The van der Waals surface area contributed by atoms with Crippen molar-refractivity contribution in [1.29, 1.82) is 0 Å². The number of benzene rings is 1. The Labute approximate surface area is 102 Å². The maximum atomic E-state index is 13.6. The first kappa shape index (κ1) is 12.5. The van der Waals surface area contributed by atoms with Crippen LogP contribution in [0.2, 0.25) is 0 Å². The lowest BCUT2D eigenvalue weighted by molar-refractivity contribution is 0.116. The van der Waals surface area contributed by atoms with E-state index in [4.69, 9.17) is 0 Å². The second-order valence-electron chi connectivity index (χ2n) is 5.39. The summed E-state index contributed by atoms with van der Waals surface area (Å²) in [5.41, 5.74) is 2.30. The highest BCUT2D eigenvalue weighted by molar-refractivity contribution is 5.36. The normalized spacial score (nSPS) is 16.9. The van der Waals surface area contributed by atoms with E-state index < -0.39 is 5.67 Å². The molecule has 0 fully saturated rings. The summed E-state index contributed by atoms with van der Waals surface area (Å²) in [5, 5.41) is 9.32. The topological polar surface area (TPSA) is 23.5 Å². The van der Waals surface area contributed by atoms with Crippen LogP contribution in [0.4, 0.5) is 4.39 Å². The smallest absolute Gasteiger partial charge is 0.118 e. The predicted molar refractivity (Wildman–Crippen MR) is 66.5 cm³/mol. The summed E-state index contributed by atoms with van der Waals surface area (Å²) >= 11 is 0. The maximum absolute atomic E-state index is 13.6. The molecule has 17 heavy (non-hydrogen) atoms. The Bertz CT molecular complexity index is 383. The fourth-order valence-corrected chi connectivity index (χ4v) is 2.52. The first-order chi connectivity index (χ1) is 7.99. The van der Waals surface area contributed by atoms with Gasteiger partial charge in [-0.1, -0.05) is 18.2 Å². The standard InChI is InChI=1S/C14H20FNO/c1-14(2,15)10-16-7-6-11-4-3-5-12(9-17)13(11)8-16/h3-5,17H,6-10H2,1-2H3. The van der Waals surface area contributed by atoms with Gasteiger partial charge in [0.25, 0.3) is 0 Å². The van der Waals surface area contributed by atoms with Gasteiger partial charge in [0, 0.05) is 19.6 Å². The summed E-state index contributed by atoms with van der Waals surface area (Å²) in [6, 6.07) is 6.04. The van der Waals surface area contributed by atoms with Crippen molar-refractivity contribution in [2.24, 2.45) is 0 Å². The molecule has 2 rings (SSSR count). The van der Waals surface area contributed by atoms with Crippen molar-refractivity contribution in [2.45, 2.75) is 39.1 Å². The fourth-order valence-electron chi connectivity index (χ4n) is 2.52. The van der Waals surface area contributed by atoms with Crippen molar-refractivity contribution in [3.05, 3.63) is 34.9 Å². The van der Waals surface area contributed by atoms with E-state index in [1.54, 1.807) is 13.8 Å². The number of aliphatic hydroxyl groups excluding tert-OH is 1. The molecular weight excluding hydrogens is 217 g/mol. The number of aliphatic hydroxyl groups is 1. The Kier molecular flexibility index (Phi) is 3.50. The van der Waals surface area contributed by atoms with Crippen LogP contribution in [0.15, 0.2) is 18.2 Å². The van der Waals surface area contributed by atoms with Crippen molar-refractivity contribution in [1.82, 2.24) is 4.90 Å². The zero-order valence-electron chi connectivity index (χ0n) is 10.5. The van der Waals surface area contributed by atoms with Gasteiger partial charge in [-0.3, -0.25) is 4.90 Å². The molecule has 1 heterocycles. The van der Waals surface area contributed by atoms with Crippen LogP contribution in [-0.2, 0) is 19.6 Å². The van der Waals surface area contributed by atoms with Gasteiger partial charge in [0.15, 0.2) is 0 Å². The fraction of sp³-hybridized carbons (Fsp3) is 0.571. The monoisotopic (exact) mass is 237 g/mol. The van der Waals surface area contributed by atoms with E-state index in [1.807, 2.05) is 12.1 Å². The Morgan fingerprint density at radius 1 is 1.41 bits per heavy atom. The summed E-state index contributed by atoms with van der Waals surface area (Å²) in [4.78, 5) is 2.13. The number of fused-ring (bicyclic) bond motifs is 1. The minimum Gasteiger partial charge on any atom is -0.392 e. The molecule has 2 nitrogen and oxygen atoms in total. The third-order valence-electron chi connectivity index (χ3n) is 3.22. The van der Waals surface area contributed by atoms with Crippen molar-refractivity contribution < 1.29 is 9.50 Å². The van der Waals surface area contributed by atoms with E-state index in [-0.39, 0.29) is 6.61 Å². The van der Waals surface area contributed by atoms with Gasteiger partial charge in [0.1, 0.15) is 5.67 Å². The van der Waals surface area contributed by atoms with Crippen LogP contribution in [0.3, 0.4) is 0 Å². The predicted octanol–water partition coefficient (Wildman–Crippen LogP) is 2.29. The lowest BCUT2D eigenvalue weighted by Gasteiger charge is -2.33. The van der Waals surface area contributed by atoms with Gasteiger partial charge in [-0.15, -0.1) is 0 Å². The molecule has 0 spiro atoms. The Hall–Kier alpha value is -0.930. The average molecular weight is 237 g/mol. The molecule has 3 heteroatoms. The van der Waals surface area contributed by atoms with Crippen LogP contribution in [-0.4, -0.2) is 28.8 Å². The second-order valence-corrected chi connectivity index (χ2v) is 5.39. The molecule has 94 valence electrons. The SMILES string of the molecule is CC(C)(F)CN1CCc2cccc(CO)c2C1. The van der Waals surface area contributed by atoms with Gasteiger partial charge in [0.05, 0.1) is 6.61 Å². The van der Waals surface area contributed by atoms with Crippen molar-refractivity contribution in [2.75, 3.05) is 13.1 Å². The zero-order chi connectivity index (χ0) is 12.5. The van der Waals surface area contributed by atoms with Gasteiger partial charge < -0.3 is 5.11 Å². The van der Waals surface area contributed by atoms with E-state index >= 15 is 0 Å². The number of hydrogen-bond donors (Lipinski definition) is 1. The van der Waals surface area contributed by atoms with E-state index in [9.17, 15) is 9.50 Å². The van der Waals surface area contributed by atoms with Gasteiger partial charge in [0.2, 0.25) is 0 Å². The number of hydrogen-bond acceptors (Lipinski definition) is 2. The number of nitrogens with zero attached hydrogens (tertiary/aromatic N) is 1. The van der Waals surface area contributed by atoms with Crippen LogP contribution < -0.4 is 0 Å². The molecule has 0 saturated heterocycles. The van der Waals surface area contributed by atoms with Gasteiger partial charge in [-0.25, -0.2) is 4.39 Å². The Morgan fingerprint density at radius 3 is 2.82 bits per heavy atom. The average Bonchev–Trinajstić information content (AvgIpc) is 2.26. The summed E-state index contributed by atoms with van der Waals surface area (Å²) in [6.07, 6.45) is 0.944. The number of halogens is 1. The molecule has 0 radical (unpaired) electrons. The summed E-state index contributed by atoms with van der Waals surface area (Å²) < 4.78 is 13.6. The third kappa shape index (κ3) is 3.05. The highest BCUT2D eigenvalue weighted by Crippen LogP contribution is 2.24. The van der Waals surface area contributed by atoms with Crippen LogP contribution in [0.25, 0.3) is 0 Å². The van der Waals surface area contributed by atoms with Crippen LogP contribution in [0, 0.1) is 0 Å². The van der Waals surface area contributed by atoms with E-state index in [0.29, 0.717) is 6.54 Å². The van der Waals surface area contributed by atoms with Gasteiger partial charge >= 0.3 is 0 Å². The molecule has 0 bridgehead atoms. The molecule has 1 aromatic rings. The molecule has 0 unspecified atom stereocenters. The van der Waals surface area contributed by atoms with Crippen molar-refractivity contribution >= 4 is 0 Å². The molecule has 1 aliphatic heterocycles. The molecule has 1 aromatic carbocycles. The molecule has 0 amide bonds. The Balaban J connectivity index is 2.17. The van der Waals surface area contributed by atoms with Crippen molar-refractivity contribution in [3.63, 3.8) is 0 Å². The molecule has 0 atom stereocenters. The lowest BCUT2D eigenvalue weighted by atomic mass is 9.94. The molecule has 1 N–H and O–H groups in total. The summed E-state index contributed by atoms with van der Waals surface area (Å²) in [7, 11) is 0. The number of rotatable bonds is 3. The van der Waals surface area contributed by atoms with Crippen LogP contribution >= 0.6 is 0 Å². The highest BCUT2D eigenvalue weighted by Gasteiger charge is 2.24. The minimum atomic E-state index is -1.16. The first-order valence-electron chi connectivity index (χ1n) is 6.11. The second kappa shape index (κ2) is 4.75. The van der Waals surface area contributed by atoms with E-state index in [2.05, 4.69) is 11.0 Å².